The van der Waals surface area contributed by atoms with Gasteiger partial charge in [0.2, 0.25) is 0 Å². The van der Waals surface area contributed by atoms with Crippen LogP contribution in [0.15, 0.2) is 18.2 Å². The Hall–Kier alpha value is -1.66. The monoisotopic (exact) mass is 269 g/mol. The lowest BCUT2D eigenvalue weighted by atomic mass is 10.2. The number of amides is 1. The molecular weight excluding hydrogens is 249 g/mol. The Morgan fingerprint density at radius 2 is 2.11 bits per heavy atom. The number of anilines is 1. The molecule has 1 rings (SSSR count). The molecule has 0 aliphatic heterocycles. The van der Waals surface area contributed by atoms with Gasteiger partial charge in [-0.3, -0.25) is 4.79 Å². The minimum Gasteiger partial charge on any atom is -0.399 e. The minimum atomic E-state index is -0.521. The van der Waals surface area contributed by atoms with Crippen molar-refractivity contribution < 1.29 is 13.9 Å². The third-order valence-electron chi connectivity index (χ3n) is 2.40. The van der Waals surface area contributed by atoms with Crippen LogP contribution < -0.4 is 11.1 Å². The molecule has 1 amide bonds. The SMILES string of the molecule is CN(C)CCOCCNC(=O)c1cc(N)cc(F)c1. The number of carbonyl (C=O) groups excluding carboxylic acids is 1. The summed E-state index contributed by atoms with van der Waals surface area (Å²) in [7, 11) is 3.92. The quantitative estimate of drug-likeness (QED) is 0.565. The summed E-state index contributed by atoms with van der Waals surface area (Å²) in [6.45, 7) is 2.23. The van der Waals surface area contributed by atoms with E-state index in [2.05, 4.69) is 5.32 Å². The van der Waals surface area contributed by atoms with E-state index in [-0.39, 0.29) is 17.2 Å². The first-order chi connectivity index (χ1) is 8.99. The van der Waals surface area contributed by atoms with Crippen LogP contribution in [0.3, 0.4) is 0 Å². The molecule has 0 spiro atoms. The molecule has 0 saturated carbocycles. The number of likely N-dealkylation sites (N-methyl/N-ethyl adjacent to an activating group) is 1. The molecule has 0 fully saturated rings. The Labute approximate surface area is 112 Å². The van der Waals surface area contributed by atoms with E-state index in [1.54, 1.807) is 0 Å². The van der Waals surface area contributed by atoms with Gasteiger partial charge in [-0.1, -0.05) is 0 Å². The Morgan fingerprint density at radius 1 is 1.37 bits per heavy atom. The van der Waals surface area contributed by atoms with E-state index in [0.29, 0.717) is 19.8 Å². The molecule has 5 nitrogen and oxygen atoms in total. The Kier molecular flexibility index (Phi) is 6.24. The van der Waals surface area contributed by atoms with Gasteiger partial charge in [-0.2, -0.15) is 0 Å². The van der Waals surface area contributed by atoms with Crippen molar-refractivity contribution in [3.05, 3.63) is 29.6 Å². The normalized spacial score (nSPS) is 10.7. The van der Waals surface area contributed by atoms with Crippen LogP contribution in [-0.2, 0) is 4.74 Å². The van der Waals surface area contributed by atoms with E-state index in [4.69, 9.17) is 10.5 Å². The first-order valence-corrected chi connectivity index (χ1v) is 6.06. The van der Waals surface area contributed by atoms with Crippen LogP contribution >= 0.6 is 0 Å². The summed E-state index contributed by atoms with van der Waals surface area (Å²) in [5.41, 5.74) is 5.91. The summed E-state index contributed by atoms with van der Waals surface area (Å²) in [6, 6.07) is 3.76. The maximum atomic E-state index is 13.1. The second-order valence-corrected chi connectivity index (χ2v) is 4.44. The molecule has 1 aromatic rings. The van der Waals surface area contributed by atoms with Crippen molar-refractivity contribution in [3.8, 4) is 0 Å². The largest absolute Gasteiger partial charge is 0.399 e. The van der Waals surface area contributed by atoms with Gasteiger partial charge in [0.1, 0.15) is 5.82 Å². The van der Waals surface area contributed by atoms with Crippen molar-refractivity contribution >= 4 is 11.6 Å². The fourth-order valence-corrected chi connectivity index (χ4v) is 1.43. The van der Waals surface area contributed by atoms with E-state index in [1.807, 2.05) is 19.0 Å². The van der Waals surface area contributed by atoms with Crippen LogP contribution in [0, 0.1) is 5.82 Å². The van der Waals surface area contributed by atoms with Gasteiger partial charge in [0.25, 0.3) is 5.91 Å². The molecule has 0 unspecified atom stereocenters. The average Bonchev–Trinajstić information content (AvgIpc) is 2.31. The lowest BCUT2D eigenvalue weighted by molar-refractivity contribution is 0.0900. The molecule has 0 aliphatic carbocycles. The van der Waals surface area contributed by atoms with Crippen molar-refractivity contribution in [1.82, 2.24) is 10.2 Å². The van der Waals surface area contributed by atoms with Gasteiger partial charge in [0.15, 0.2) is 0 Å². The molecule has 19 heavy (non-hydrogen) atoms. The van der Waals surface area contributed by atoms with E-state index < -0.39 is 5.82 Å². The van der Waals surface area contributed by atoms with E-state index in [0.717, 1.165) is 12.6 Å². The highest BCUT2D eigenvalue weighted by molar-refractivity contribution is 5.95. The van der Waals surface area contributed by atoms with Crippen LogP contribution in [0.4, 0.5) is 10.1 Å². The number of halogens is 1. The predicted octanol–water partition coefficient (Wildman–Crippen LogP) is 0.716. The van der Waals surface area contributed by atoms with Crippen molar-refractivity contribution in [1.29, 1.82) is 0 Å². The Morgan fingerprint density at radius 3 is 2.74 bits per heavy atom. The van der Waals surface area contributed by atoms with Gasteiger partial charge in [0, 0.05) is 24.3 Å². The summed E-state index contributed by atoms with van der Waals surface area (Å²) < 4.78 is 18.4. The first-order valence-electron chi connectivity index (χ1n) is 6.06. The predicted molar refractivity (Wildman–Crippen MR) is 72.5 cm³/mol. The molecule has 6 heteroatoms. The summed E-state index contributed by atoms with van der Waals surface area (Å²) in [5.74, 6) is -0.880. The van der Waals surface area contributed by atoms with Crippen LogP contribution in [0.2, 0.25) is 0 Å². The third-order valence-corrected chi connectivity index (χ3v) is 2.40. The van der Waals surface area contributed by atoms with Crippen molar-refractivity contribution in [2.75, 3.05) is 46.1 Å². The lowest BCUT2D eigenvalue weighted by Crippen LogP contribution is -2.28. The molecule has 0 bridgehead atoms. The van der Waals surface area contributed by atoms with Crippen molar-refractivity contribution in [3.63, 3.8) is 0 Å². The zero-order valence-corrected chi connectivity index (χ0v) is 11.3. The molecule has 0 heterocycles. The average molecular weight is 269 g/mol. The summed E-state index contributed by atoms with van der Waals surface area (Å²) in [4.78, 5) is 13.7. The number of nitrogens with zero attached hydrogens (tertiary/aromatic N) is 1. The fraction of sp³-hybridized carbons (Fsp3) is 0.462. The highest BCUT2D eigenvalue weighted by Gasteiger charge is 2.07. The molecule has 0 aromatic heterocycles. The summed E-state index contributed by atoms with van der Waals surface area (Å²) >= 11 is 0. The highest BCUT2D eigenvalue weighted by Crippen LogP contribution is 2.10. The highest BCUT2D eigenvalue weighted by atomic mass is 19.1. The molecule has 0 saturated heterocycles. The second-order valence-electron chi connectivity index (χ2n) is 4.44. The second kappa shape index (κ2) is 7.70. The van der Waals surface area contributed by atoms with Gasteiger partial charge >= 0.3 is 0 Å². The van der Waals surface area contributed by atoms with Gasteiger partial charge in [-0.05, 0) is 32.3 Å². The molecule has 3 N–H and O–H groups in total. The number of ether oxygens (including phenoxy) is 1. The van der Waals surface area contributed by atoms with Crippen molar-refractivity contribution in [2.45, 2.75) is 0 Å². The van der Waals surface area contributed by atoms with Crippen LogP contribution in [0.5, 0.6) is 0 Å². The molecular formula is C13H20FN3O2. The maximum absolute atomic E-state index is 13.1. The number of nitrogens with one attached hydrogen (secondary N) is 1. The summed E-state index contributed by atoms with van der Waals surface area (Å²) in [5, 5.41) is 2.64. The number of rotatable bonds is 7. The summed E-state index contributed by atoms with van der Waals surface area (Å²) in [6.07, 6.45) is 0. The zero-order valence-electron chi connectivity index (χ0n) is 11.3. The number of nitrogen functional groups attached to an aromatic ring is 1. The molecule has 106 valence electrons. The smallest absolute Gasteiger partial charge is 0.251 e. The van der Waals surface area contributed by atoms with Gasteiger partial charge in [-0.15, -0.1) is 0 Å². The number of nitrogens with two attached hydrogens (primary N) is 1. The molecule has 0 aliphatic rings. The van der Waals surface area contributed by atoms with Gasteiger partial charge < -0.3 is 20.7 Å². The van der Waals surface area contributed by atoms with Crippen LogP contribution in [0.1, 0.15) is 10.4 Å². The van der Waals surface area contributed by atoms with Crippen LogP contribution in [-0.4, -0.2) is 51.2 Å². The Bertz CT molecular complexity index is 404. The first kappa shape index (κ1) is 15.4. The standard InChI is InChI=1S/C13H20FN3O2/c1-17(2)4-6-19-5-3-16-13(18)10-7-11(14)9-12(15)8-10/h7-9H,3-6,15H2,1-2H3,(H,16,18). The Balaban J connectivity index is 2.27. The van der Waals surface area contributed by atoms with E-state index in [9.17, 15) is 9.18 Å². The molecule has 1 aromatic carbocycles. The van der Waals surface area contributed by atoms with Gasteiger partial charge in [0.05, 0.1) is 13.2 Å². The zero-order chi connectivity index (χ0) is 14.3. The number of hydrogen-bond donors (Lipinski definition) is 2. The third kappa shape index (κ3) is 6.17. The van der Waals surface area contributed by atoms with E-state index in [1.165, 1.54) is 12.1 Å². The lowest BCUT2D eigenvalue weighted by Gasteiger charge is -2.10. The van der Waals surface area contributed by atoms with E-state index >= 15 is 0 Å². The minimum absolute atomic E-state index is 0.214. The van der Waals surface area contributed by atoms with Crippen molar-refractivity contribution in [2.24, 2.45) is 0 Å². The number of hydrogen-bond acceptors (Lipinski definition) is 4. The fourth-order valence-electron chi connectivity index (χ4n) is 1.43. The van der Waals surface area contributed by atoms with Crippen LogP contribution in [0.25, 0.3) is 0 Å². The molecule has 0 atom stereocenters. The van der Waals surface area contributed by atoms with Gasteiger partial charge in [-0.25, -0.2) is 4.39 Å². The number of benzene rings is 1. The maximum Gasteiger partial charge on any atom is 0.251 e. The topological polar surface area (TPSA) is 67.6 Å². The number of carbonyl (C=O) groups is 1. The molecule has 0 radical (unpaired) electrons.